The van der Waals surface area contributed by atoms with Crippen LogP contribution in [0.4, 0.5) is 11.6 Å². The molecule has 11 heteroatoms. The largest absolute Gasteiger partial charge is 0.493 e. The lowest BCUT2D eigenvalue weighted by Crippen LogP contribution is -2.29. The highest BCUT2D eigenvalue weighted by Gasteiger charge is 2.28. The zero-order valence-corrected chi connectivity index (χ0v) is 17.8. The number of carbonyl (C=O) groups excluding carboxylic acids is 2. The Bertz CT molecular complexity index is 1150. The molecule has 0 saturated heterocycles. The third-order valence-corrected chi connectivity index (χ3v) is 5.37. The van der Waals surface area contributed by atoms with Crippen molar-refractivity contribution in [3.63, 3.8) is 0 Å². The predicted molar refractivity (Wildman–Crippen MR) is 115 cm³/mol. The normalized spacial score (nSPS) is 15.1. The third-order valence-electron chi connectivity index (χ3n) is 4.63. The molecule has 9 nitrogen and oxygen atoms in total. The monoisotopic (exact) mass is 461 g/mol. The molecule has 0 radical (unpaired) electrons. The fourth-order valence-corrected chi connectivity index (χ4v) is 3.49. The van der Waals surface area contributed by atoms with Crippen LogP contribution in [-0.2, 0) is 9.59 Å². The number of rotatable bonds is 6. The second-order valence-corrected chi connectivity index (χ2v) is 7.49. The van der Waals surface area contributed by atoms with Crippen LogP contribution >= 0.6 is 23.2 Å². The molecule has 2 heterocycles. The van der Waals surface area contributed by atoms with Gasteiger partial charge < -0.3 is 14.8 Å². The first-order valence-electron chi connectivity index (χ1n) is 9.19. The Morgan fingerprint density at radius 2 is 2.06 bits per heavy atom. The Labute approximate surface area is 187 Å². The van der Waals surface area contributed by atoms with E-state index in [2.05, 4.69) is 20.7 Å². The van der Waals surface area contributed by atoms with E-state index in [1.807, 2.05) is 0 Å². The van der Waals surface area contributed by atoms with Gasteiger partial charge in [-0.25, -0.2) is 4.68 Å². The molecule has 4 rings (SSSR count). The smallest absolute Gasteiger partial charge is 0.262 e. The molecule has 3 aromatic rings. The van der Waals surface area contributed by atoms with E-state index >= 15 is 0 Å². The summed E-state index contributed by atoms with van der Waals surface area (Å²) in [5, 5.41) is 10.3. The number of anilines is 2. The van der Waals surface area contributed by atoms with Gasteiger partial charge in [0.05, 0.1) is 29.6 Å². The van der Waals surface area contributed by atoms with Crippen LogP contribution in [0.1, 0.15) is 18.0 Å². The van der Waals surface area contributed by atoms with Gasteiger partial charge in [-0.15, -0.1) is 0 Å². The van der Waals surface area contributed by atoms with E-state index in [0.717, 1.165) is 5.56 Å². The van der Waals surface area contributed by atoms with Crippen LogP contribution in [0.2, 0.25) is 10.0 Å². The highest BCUT2D eigenvalue weighted by atomic mass is 35.5. The molecule has 1 aliphatic heterocycles. The third kappa shape index (κ3) is 4.57. The molecule has 0 saturated carbocycles. The van der Waals surface area contributed by atoms with Gasteiger partial charge in [-0.2, -0.15) is 10.1 Å². The maximum Gasteiger partial charge on any atom is 0.262 e. The first-order valence-corrected chi connectivity index (χ1v) is 9.95. The van der Waals surface area contributed by atoms with Crippen molar-refractivity contribution in [2.24, 2.45) is 0 Å². The quantitative estimate of drug-likeness (QED) is 0.581. The number of hydrogen-bond donors (Lipinski definition) is 2. The Kier molecular flexibility index (Phi) is 5.97. The number of methoxy groups -OCH3 is 1. The molecule has 0 unspecified atom stereocenters. The lowest BCUT2D eigenvalue weighted by molar-refractivity contribution is -0.118. The van der Waals surface area contributed by atoms with E-state index in [1.165, 1.54) is 13.4 Å². The highest BCUT2D eigenvalue weighted by Crippen LogP contribution is 2.35. The molecule has 0 aliphatic carbocycles. The summed E-state index contributed by atoms with van der Waals surface area (Å²) in [5.74, 6) is 0.672. The Morgan fingerprint density at radius 3 is 2.84 bits per heavy atom. The van der Waals surface area contributed by atoms with Crippen molar-refractivity contribution in [1.29, 1.82) is 0 Å². The molecule has 2 amide bonds. The molecule has 0 fully saturated rings. The molecular formula is C20H17Cl2N5O4. The lowest BCUT2D eigenvalue weighted by Gasteiger charge is -2.24. The van der Waals surface area contributed by atoms with Gasteiger partial charge in [-0.1, -0.05) is 29.3 Å². The van der Waals surface area contributed by atoms with E-state index in [1.54, 1.807) is 41.1 Å². The van der Waals surface area contributed by atoms with Crippen LogP contribution in [0.15, 0.2) is 42.7 Å². The van der Waals surface area contributed by atoms with Crippen molar-refractivity contribution >= 4 is 46.7 Å². The van der Waals surface area contributed by atoms with Gasteiger partial charge in [0.15, 0.2) is 18.1 Å². The second kappa shape index (κ2) is 8.83. The minimum absolute atomic E-state index is 0.149. The van der Waals surface area contributed by atoms with Crippen LogP contribution in [-0.4, -0.2) is 40.3 Å². The van der Waals surface area contributed by atoms with Crippen molar-refractivity contribution in [2.75, 3.05) is 24.4 Å². The van der Waals surface area contributed by atoms with Crippen molar-refractivity contribution in [3.8, 4) is 11.5 Å². The minimum Gasteiger partial charge on any atom is -0.493 e. The summed E-state index contributed by atoms with van der Waals surface area (Å²) >= 11 is 11.8. The molecule has 160 valence electrons. The number of carbonyl (C=O) groups is 2. The molecule has 1 aliphatic rings. The van der Waals surface area contributed by atoms with Crippen molar-refractivity contribution in [3.05, 3.63) is 58.3 Å². The van der Waals surface area contributed by atoms with E-state index in [4.69, 9.17) is 32.7 Å². The van der Waals surface area contributed by atoms with Crippen molar-refractivity contribution < 1.29 is 19.1 Å². The minimum atomic E-state index is -0.374. The number of nitrogens with zero attached hydrogens (tertiary/aromatic N) is 3. The average molecular weight is 462 g/mol. The van der Waals surface area contributed by atoms with Crippen molar-refractivity contribution in [2.45, 2.75) is 12.5 Å². The number of aromatic nitrogens is 3. The summed E-state index contributed by atoms with van der Waals surface area (Å²) in [6.07, 6.45) is 1.60. The number of nitrogens with one attached hydrogen (secondary N) is 2. The molecule has 2 N–H and O–H groups in total. The predicted octanol–water partition coefficient (Wildman–Crippen LogP) is 3.54. The topological polar surface area (TPSA) is 107 Å². The van der Waals surface area contributed by atoms with Crippen LogP contribution < -0.4 is 20.1 Å². The Hall–Kier alpha value is -3.30. The Morgan fingerprint density at radius 1 is 1.23 bits per heavy atom. The molecule has 31 heavy (non-hydrogen) atoms. The molecule has 1 atom stereocenters. The number of hydrogen-bond acceptors (Lipinski definition) is 6. The summed E-state index contributed by atoms with van der Waals surface area (Å²) in [6, 6.07) is 9.69. The van der Waals surface area contributed by atoms with Crippen molar-refractivity contribution in [1.82, 2.24) is 14.8 Å². The zero-order valence-electron chi connectivity index (χ0n) is 16.3. The maximum atomic E-state index is 12.2. The molecule has 1 aromatic heterocycles. The molecule has 0 spiro atoms. The van der Waals surface area contributed by atoms with E-state index < -0.39 is 0 Å². The molecule has 2 aromatic carbocycles. The van der Waals surface area contributed by atoms with E-state index in [0.29, 0.717) is 33.2 Å². The number of ether oxygens (including phenoxy) is 2. The van der Waals surface area contributed by atoms with Gasteiger partial charge in [0.1, 0.15) is 6.33 Å². The summed E-state index contributed by atoms with van der Waals surface area (Å²) in [6.45, 7) is -0.241. The summed E-state index contributed by atoms with van der Waals surface area (Å²) in [5.41, 5.74) is 1.30. The summed E-state index contributed by atoms with van der Waals surface area (Å²) in [7, 11) is 1.50. The highest BCUT2D eigenvalue weighted by molar-refractivity contribution is 6.42. The van der Waals surface area contributed by atoms with Gasteiger partial charge in [-0.05, 0) is 35.9 Å². The zero-order chi connectivity index (χ0) is 22.0. The lowest BCUT2D eigenvalue weighted by atomic mass is 10.0. The number of halogens is 2. The first-order chi connectivity index (χ1) is 14.9. The number of fused-ring (bicyclic) bond motifs is 1. The van der Waals surface area contributed by atoms with E-state index in [9.17, 15) is 9.59 Å². The maximum absolute atomic E-state index is 12.2. The van der Waals surface area contributed by atoms with Gasteiger partial charge in [-0.3, -0.25) is 14.9 Å². The second-order valence-electron chi connectivity index (χ2n) is 6.67. The van der Waals surface area contributed by atoms with E-state index in [-0.39, 0.29) is 30.9 Å². The first kappa shape index (κ1) is 21.0. The standard InChI is InChI=1S/C20H17Cl2N5O4/c1-30-17-6-11(15-8-18(28)26-20-23-10-24-27(15)20)2-5-16(17)31-9-19(29)25-12-3-4-13(21)14(22)7-12/h2-7,10,15H,8-9H2,1H3,(H,25,29)(H,23,24,26,28)/t15-/m1/s1. The fraction of sp³-hybridized carbons (Fsp3) is 0.200. The molecule has 0 bridgehead atoms. The summed E-state index contributed by atoms with van der Waals surface area (Å²) in [4.78, 5) is 28.3. The van der Waals surface area contributed by atoms with Gasteiger partial charge in [0.25, 0.3) is 5.91 Å². The molecular weight excluding hydrogens is 445 g/mol. The van der Waals surface area contributed by atoms with Crippen LogP contribution in [0, 0.1) is 0 Å². The average Bonchev–Trinajstić information content (AvgIpc) is 3.22. The number of amides is 2. The van der Waals surface area contributed by atoms with Gasteiger partial charge in [0, 0.05) is 5.69 Å². The van der Waals surface area contributed by atoms with Crippen LogP contribution in [0.5, 0.6) is 11.5 Å². The SMILES string of the molecule is COc1cc([C@H]2CC(=O)Nc3ncnn32)ccc1OCC(=O)Nc1ccc(Cl)c(Cl)c1. The van der Waals surface area contributed by atoms with Gasteiger partial charge >= 0.3 is 0 Å². The fourth-order valence-electron chi connectivity index (χ4n) is 3.19. The number of benzene rings is 2. The van der Waals surface area contributed by atoms with Crippen LogP contribution in [0.25, 0.3) is 0 Å². The van der Waals surface area contributed by atoms with Crippen LogP contribution in [0.3, 0.4) is 0 Å². The summed E-state index contributed by atoms with van der Waals surface area (Å²) < 4.78 is 12.7. The Balaban J connectivity index is 1.46. The van der Waals surface area contributed by atoms with Gasteiger partial charge in [0.2, 0.25) is 11.9 Å².